The van der Waals surface area contributed by atoms with E-state index >= 15 is 0 Å². The van der Waals surface area contributed by atoms with Crippen LogP contribution in [0.4, 0.5) is 21.6 Å². The molecule has 0 unspecified atom stereocenters. The van der Waals surface area contributed by atoms with Gasteiger partial charge in [-0.15, -0.1) is 10.2 Å². The number of halogens is 1. The second kappa shape index (κ2) is 8.58. The summed E-state index contributed by atoms with van der Waals surface area (Å²) in [6, 6.07) is 18.0. The zero-order valence-corrected chi connectivity index (χ0v) is 17.3. The average molecular weight is 428 g/mol. The van der Waals surface area contributed by atoms with E-state index in [0.717, 1.165) is 16.6 Å². The van der Waals surface area contributed by atoms with E-state index in [1.54, 1.807) is 36.7 Å². The highest BCUT2D eigenvalue weighted by atomic mass is 19.1. The van der Waals surface area contributed by atoms with Crippen LogP contribution in [0.5, 0.6) is 0 Å². The molecular weight excluding hydrogens is 407 g/mol. The molecule has 8 heteroatoms. The van der Waals surface area contributed by atoms with Crippen molar-refractivity contribution in [2.24, 2.45) is 0 Å². The van der Waals surface area contributed by atoms with Gasteiger partial charge in [0.25, 0.3) is 5.91 Å². The zero-order valence-electron chi connectivity index (χ0n) is 17.3. The second-order valence-corrected chi connectivity index (χ2v) is 7.54. The number of hydrogen-bond donors (Lipinski definition) is 1. The highest BCUT2D eigenvalue weighted by molar-refractivity contribution is 6.12. The Hall–Kier alpha value is -4.07. The normalized spacial score (nSPS) is 13.9. The summed E-state index contributed by atoms with van der Waals surface area (Å²) in [6.07, 6.45) is 3.22. The largest absolute Gasteiger partial charge is 0.366 e. The molecule has 0 atom stereocenters. The van der Waals surface area contributed by atoms with Crippen LogP contribution in [0.3, 0.4) is 0 Å². The molecule has 160 valence electrons. The van der Waals surface area contributed by atoms with E-state index in [-0.39, 0.29) is 17.4 Å². The summed E-state index contributed by atoms with van der Waals surface area (Å²) in [5, 5.41) is 13.1. The lowest BCUT2D eigenvalue weighted by atomic mass is 10.1. The van der Waals surface area contributed by atoms with E-state index in [4.69, 9.17) is 0 Å². The summed E-state index contributed by atoms with van der Waals surface area (Å²) in [4.78, 5) is 21.0. The first-order valence-electron chi connectivity index (χ1n) is 10.4. The van der Waals surface area contributed by atoms with Gasteiger partial charge in [-0.1, -0.05) is 36.4 Å². The minimum atomic E-state index is -0.336. The van der Waals surface area contributed by atoms with Crippen LogP contribution in [0.25, 0.3) is 10.8 Å². The van der Waals surface area contributed by atoms with Gasteiger partial charge in [0, 0.05) is 43.1 Å². The van der Waals surface area contributed by atoms with Crippen molar-refractivity contribution in [3.63, 3.8) is 0 Å². The Bertz CT molecular complexity index is 1260. The molecule has 1 N–H and O–H groups in total. The van der Waals surface area contributed by atoms with E-state index in [0.29, 0.717) is 37.6 Å². The molecule has 5 rings (SSSR count). The van der Waals surface area contributed by atoms with Crippen molar-refractivity contribution < 1.29 is 9.18 Å². The maximum atomic E-state index is 14.2. The van der Waals surface area contributed by atoms with Crippen LogP contribution in [0, 0.1) is 5.82 Å². The topological polar surface area (TPSA) is 74.2 Å². The van der Waals surface area contributed by atoms with E-state index in [2.05, 4.69) is 25.4 Å². The zero-order chi connectivity index (χ0) is 21.9. The quantitative estimate of drug-likeness (QED) is 0.534. The maximum Gasteiger partial charge on any atom is 0.276 e. The van der Waals surface area contributed by atoms with Crippen LogP contribution in [0.15, 0.2) is 73.1 Å². The molecule has 2 aromatic heterocycles. The van der Waals surface area contributed by atoms with Gasteiger partial charge in [0.1, 0.15) is 5.82 Å². The number of fused-ring (bicyclic) bond motifs is 1. The van der Waals surface area contributed by atoms with Gasteiger partial charge in [0.05, 0.1) is 17.6 Å². The molecule has 0 radical (unpaired) electrons. The Morgan fingerprint density at radius 1 is 0.844 bits per heavy atom. The summed E-state index contributed by atoms with van der Waals surface area (Å²) in [5.41, 5.74) is 1.47. The summed E-state index contributed by atoms with van der Waals surface area (Å²) in [5.74, 6) is 0.180. The van der Waals surface area contributed by atoms with Crippen LogP contribution in [-0.4, -0.2) is 47.3 Å². The minimum absolute atomic E-state index is 0.213. The van der Waals surface area contributed by atoms with Gasteiger partial charge in [-0.05, 0) is 24.3 Å². The summed E-state index contributed by atoms with van der Waals surface area (Å²) in [6.45, 7) is 2.68. The van der Waals surface area contributed by atoms with Gasteiger partial charge in [0.15, 0.2) is 11.5 Å². The minimum Gasteiger partial charge on any atom is -0.366 e. The van der Waals surface area contributed by atoms with Gasteiger partial charge in [-0.2, -0.15) is 0 Å². The first kappa shape index (κ1) is 19.9. The lowest BCUT2D eigenvalue weighted by Gasteiger charge is -2.37. The number of amides is 1. The number of hydrogen-bond acceptors (Lipinski definition) is 6. The van der Waals surface area contributed by atoms with Crippen LogP contribution in [0.1, 0.15) is 10.5 Å². The molecule has 7 nitrogen and oxygen atoms in total. The molecule has 0 saturated carbocycles. The molecule has 1 amide bonds. The molecule has 0 aliphatic carbocycles. The number of pyridine rings is 1. The highest BCUT2D eigenvalue weighted by Crippen LogP contribution is 2.28. The van der Waals surface area contributed by atoms with E-state index in [1.165, 1.54) is 6.07 Å². The molecule has 0 bridgehead atoms. The Labute approximate surface area is 184 Å². The van der Waals surface area contributed by atoms with Gasteiger partial charge in [0.2, 0.25) is 0 Å². The van der Waals surface area contributed by atoms with Crippen molar-refractivity contribution in [1.29, 1.82) is 0 Å². The average Bonchev–Trinajstić information content (AvgIpc) is 2.84. The third-order valence-electron chi connectivity index (χ3n) is 5.57. The highest BCUT2D eigenvalue weighted by Gasteiger charge is 2.23. The number of carbonyl (C=O) groups is 1. The van der Waals surface area contributed by atoms with Gasteiger partial charge < -0.3 is 15.1 Å². The van der Waals surface area contributed by atoms with Crippen molar-refractivity contribution in [1.82, 2.24) is 15.2 Å². The SMILES string of the molecule is O=C(Nc1cccnc1)c1nnc(N2CCN(c3ccccc3F)CC2)c2ccccc12. The van der Waals surface area contributed by atoms with Gasteiger partial charge in [-0.3, -0.25) is 9.78 Å². The first-order valence-corrected chi connectivity index (χ1v) is 10.4. The van der Waals surface area contributed by atoms with Crippen LogP contribution in [-0.2, 0) is 0 Å². The number of rotatable bonds is 4. The molecule has 4 aromatic rings. The summed E-state index contributed by atoms with van der Waals surface area (Å²) < 4.78 is 14.2. The van der Waals surface area contributed by atoms with Crippen molar-refractivity contribution >= 4 is 33.9 Å². The van der Waals surface area contributed by atoms with E-state index in [9.17, 15) is 9.18 Å². The van der Waals surface area contributed by atoms with Crippen molar-refractivity contribution in [3.05, 3.63) is 84.6 Å². The number of benzene rings is 2. The number of nitrogens with zero attached hydrogens (tertiary/aromatic N) is 5. The molecule has 3 heterocycles. The molecule has 0 spiro atoms. The fraction of sp³-hybridized carbons (Fsp3) is 0.167. The monoisotopic (exact) mass is 428 g/mol. The molecule has 1 aliphatic heterocycles. The number of para-hydroxylation sites is 1. The van der Waals surface area contributed by atoms with Crippen LogP contribution < -0.4 is 15.1 Å². The number of piperazine rings is 1. The van der Waals surface area contributed by atoms with Crippen LogP contribution in [0.2, 0.25) is 0 Å². The van der Waals surface area contributed by atoms with Crippen LogP contribution >= 0.6 is 0 Å². The van der Waals surface area contributed by atoms with E-state index < -0.39 is 0 Å². The number of anilines is 3. The Balaban J connectivity index is 1.40. The smallest absolute Gasteiger partial charge is 0.276 e. The third kappa shape index (κ3) is 3.82. The summed E-state index contributed by atoms with van der Waals surface area (Å²) >= 11 is 0. The molecule has 1 saturated heterocycles. The van der Waals surface area contributed by atoms with Crippen molar-refractivity contribution in [2.75, 3.05) is 41.3 Å². The summed E-state index contributed by atoms with van der Waals surface area (Å²) in [7, 11) is 0. The Kier molecular flexibility index (Phi) is 5.33. The molecule has 1 aliphatic rings. The number of carbonyl (C=O) groups excluding carboxylic acids is 1. The van der Waals surface area contributed by atoms with Crippen molar-refractivity contribution in [3.8, 4) is 0 Å². The first-order chi connectivity index (χ1) is 15.7. The fourth-order valence-electron chi connectivity index (χ4n) is 3.99. The standard InChI is InChI=1S/C24H21FN6O/c25-20-9-3-4-10-21(20)30-12-14-31(15-13-30)23-19-8-2-1-7-18(19)22(28-29-23)24(32)27-17-6-5-11-26-16-17/h1-11,16H,12-15H2,(H,27,32). The van der Waals surface area contributed by atoms with E-state index in [1.807, 2.05) is 35.2 Å². The fourth-order valence-corrected chi connectivity index (χ4v) is 3.99. The molecule has 1 fully saturated rings. The Morgan fingerprint density at radius 3 is 2.31 bits per heavy atom. The second-order valence-electron chi connectivity index (χ2n) is 7.54. The third-order valence-corrected chi connectivity index (χ3v) is 5.57. The molecule has 2 aromatic carbocycles. The van der Waals surface area contributed by atoms with Gasteiger partial charge >= 0.3 is 0 Å². The predicted molar refractivity (Wildman–Crippen MR) is 123 cm³/mol. The number of aromatic nitrogens is 3. The lowest BCUT2D eigenvalue weighted by Crippen LogP contribution is -2.47. The van der Waals surface area contributed by atoms with Gasteiger partial charge in [-0.25, -0.2) is 4.39 Å². The van der Waals surface area contributed by atoms with Crippen molar-refractivity contribution in [2.45, 2.75) is 0 Å². The Morgan fingerprint density at radius 2 is 1.56 bits per heavy atom. The number of nitrogens with one attached hydrogen (secondary N) is 1. The molecular formula is C24H21FN6O. The maximum absolute atomic E-state index is 14.2. The molecule has 32 heavy (non-hydrogen) atoms. The lowest BCUT2D eigenvalue weighted by molar-refractivity contribution is 0.102. The predicted octanol–water partition coefficient (Wildman–Crippen LogP) is 3.74.